The summed E-state index contributed by atoms with van der Waals surface area (Å²) in [5.41, 5.74) is 3.99. The van der Waals surface area contributed by atoms with Crippen LogP contribution in [0.2, 0.25) is 0 Å². The van der Waals surface area contributed by atoms with Crippen LogP contribution in [0.3, 0.4) is 0 Å². The number of piperazine rings is 1. The van der Waals surface area contributed by atoms with Crippen LogP contribution in [0.15, 0.2) is 30.3 Å². The van der Waals surface area contributed by atoms with Crippen molar-refractivity contribution in [2.24, 2.45) is 7.05 Å². The van der Waals surface area contributed by atoms with Crippen molar-refractivity contribution < 1.29 is 4.74 Å². The zero-order valence-electron chi connectivity index (χ0n) is 20.1. The van der Waals surface area contributed by atoms with E-state index in [0.717, 1.165) is 78.7 Å². The monoisotopic (exact) mass is 440 g/mol. The van der Waals surface area contributed by atoms with E-state index in [4.69, 9.17) is 9.84 Å². The van der Waals surface area contributed by atoms with Crippen LogP contribution in [0.1, 0.15) is 36.6 Å². The molecule has 2 fully saturated rings. The van der Waals surface area contributed by atoms with Crippen LogP contribution in [0, 0.1) is 0 Å². The minimum absolute atomic E-state index is 0.422. The van der Waals surface area contributed by atoms with Crippen LogP contribution in [0.4, 0.5) is 5.82 Å². The van der Waals surface area contributed by atoms with Crippen LogP contribution in [-0.4, -0.2) is 85.2 Å². The number of morpholine rings is 1. The maximum atomic E-state index is 5.57. The van der Waals surface area contributed by atoms with Gasteiger partial charge in [0.15, 0.2) is 0 Å². The lowest BCUT2D eigenvalue weighted by Crippen LogP contribution is -2.47. The molecule has 1 N–H and O–H groups in total. The zero-order valence-corrected chi connectivity index (χ0v) is 20.1. The van der Waals surface area contributed by atoms with E-state index in [0.29, 0.717) is 5.92 Å². The summed E-state index contributed by atoms with van der Waals surface area (Å²) in [7, 11) is 2.08. The van der Waals surface area contributed by atoms with Crippen molar-refractivity contribution in [2.45, 2.75) is 32.9 Å². The predicted octanol–water partition coefficient (Wildman–Crippen LogP) is 2.29. The first-order valence-corrected chi connectivity index (χ1v) is 12.2. The van der Waals surface area contributed by atoms with Gasteiger partial charge in [0.1, 0.15) is 5.82 Å². The summed E-state index contributed by atoms with van der Waals surface area (Å²) >= 11 is 0. The summed E-state index contributed by atoms with van der Waals surface area (Å²) in [6.07, 6.45) is 0. The third-order valence-electron chi connectivity index (χ3n) is 6.62. The average molecular weight is 441 g/mol. The van der Waals surface area contributed by atoms with Crippen molar-refractivity contribution in [2.75, 3.05) is 70.5 Å². The van der Waals surface area contributed by atoms with Gasteiger partial charge < -0.3 is 15.0 Å². The zero-order chi connectivity index (χ0) is 22.3. The minimum atomic E-state index is 0.422. The number of aryl methyl sites for hydroxylation is 1. The number of hydrogen-bond donors (Lipinski definition) is 1. The number of aromatic nitrogens is 2. The molecule has 3 heterocycles. The Labute approximate surface area is 193 Å². The van der Waals surface area contributed by atoms with Crippen LogP contribution in [-0.2, 0) is 24.9 Å². The first-order valence-electron chi connectivity index (χ1n) is 12.2. The maximum Gasteiger partial charge on any atom is 0.131 e. The minimum Gasteiger partial charge on any atom is -0.378 e. The molecule has 7 nitrogen and oxygen atoms in total. The molecule has 4 rings (SSSR count). The second-order valence-electron chi connectivity index (χ2n) is 9.35. The lowest BCUT2D eigenvalue weighted by Gasteiger charge is -2.34. The highest BCUT2D eigenvalue weighted by Crippen LogP contribution is 2.28. The fourth-order valence-electron chi connectivity index (χ4n) is 4.85. The third kappa shape index (κ3) is 5.90. The number of anilines is 1. The van der Waals surface area contributed by atoms with Gasteiger partial charge in [-0.1, -0.05) is 44.2 Å². The molecule has 0 atom stereocenters. The van der Waals surface area contributed by atoms with E-state index in [1.54, 1.807) is 0 Å². The summed E-state index contributed by atoms with van der Waals surface area (Å²) in [5, 5.41) is 8.60. The predicted molar refractivity (Wildman–Crippen MR) is 130 cm³/mol. The molecule has 2 aromatic rings. The number of benzene rings is 1. The van der Waals surface area contributed by atoms with Gasteiger partial charge in [-0.25, -0.2) is 0 Å². The van der Waals surface area contributed by atoms with E-state index in [-0.39, 0.29) is 0 Å². The summed E-state index contributed by atoms with van der Waals surface area (Å²) in [6, 6.07) is 10.8. The molecule has 7 heteroatoms. The fourth-order valence-corrected chi connectivity index (χ4v) is 4.85. The van der Waals surface area contributed by atoms with Crippen molar-refractivity contribution in [1.29, 1.82) is 0 Å². The first kappa shape index (κ1) is 23.2. The van der Waals surface area contributed by atoms with Crippen LogP contribution in [0.5, 0.6) is 0 Å². The van der Waals surface area contributed by atoms with E-state index in [1.807, 2.05) is 0 Å². The molecule has 2 aliphatic rings. The van der Waals surface area contributed by atoms with Crippen LogP contribution < -0.4 is 10.2 Å². The van der Waals surface area contributed by atoms with Crippen molar-refractivity contribution in [3.63, 3.8) is 0 Å². The van der Waals surface area contributed by atoms with E-state index < -0.39 is 0 Å². The Balaban J connectivity index is 1.25. The topological polar surface area (TPSA) is 48.8 Å². The number of rotatable bonds is 9. The summed E-state index contributed by atoms with van der Waals surface area (Å²) < 4.78 is 7.64. The smallest absolute Gasteiger partial charge is 0.131 e. The van der Waals surface area contributed by atoms with E-state index in [1.165, 1.54) is 22.6 Å². The Morgan fingerprint density at radius 1 is 0.969 bits per heavy atom. The SMILES string of the molecule is CC(C)c1nn(C)c(N2CCOCC2)c1CNCCN1CCN(Cc2ccccc2)CC1. The van der Waals surface area contributed by atoms with Crippen molar-refractivity contribution in [1.82, 2.24) is 24.9 Å². The molecule has 32 heavy (non-hydrogen) atoms. The van der Waals surface area contributed by atoms with E-state index in [9.17, 15) is 0 Å². The van der Waals surface area contributed by atoms with Gasteiger partial charge in [-0.15, -0.1) is 0 Å². The van der Waals surface area contributed by atoms with Crippen LogP contribution in [0.25, 0.3) is 0 Å². The molecule has 0 aliphatic carbocycles. The van der Waals surface area contributed by atoms with Crippen molar-refractivity contribution >= 4 is 5.82 Å². The first-order chi connectivity index (χ1) is 15.6. The molecule has 1 aromatic heterocycles. The van der Waals surface area contributed by atoms with E-state index >= 15 is 0 Å². The fraction of sp³-hybridized carbons (Fsp3) is 0.640. The van der Waals surface area contributed by atoms with Gasteiger partial charge in [0.25, 0.3) is 0 Å². The van der Waals surface area contributed by atoms with Gasteiger partial charge in [-0.05, 0) is 11.5 Å². The number of hydrogen-bond acceptors (Lipinski definition) is 6. The standard InChI is InChI=1S/C25H40N6O/c1-21(2)24-23(25(28(3)27-24)31-15-17-32-18-16-31)19-26-9-10-29-11-13-30(14-12-29)20-22-7-5-4-6-8-22/h4-8,21,26H,9-20H2,1-3H3. The van der Waals surface area contributed by atoms with Crippen molar-refractivity contribution in [3.8, 4) is 0 Å². The Bertz CT molecular complexity index is 822. The van der Waals surface area contributed by atoms with E-state index in [2.05, 4.69) is 75.9 Å². The second-order valence-corrected chi connectivity index (χ2v) is 9.35. The molecule has 176 valence electrons. The molecule has 0 spiro atoms. The summed E-state index contributed by atoms with van der Waals surface area (Å²) in [4.78, 5) is 7.59. The normalized spacial score (nSPS) is 18.6. The van der Waals surface area contributed by atoms with Gasteiger partial charge in [0.05, 0.1) is 18.9 Å². The molecule has 0 unspecified atom stereocenters. The van der Waals surface area contributed by atoms with Crippen molar-refractivity contribution in [3.05, 3.63) is 47.2 Å². The maximum absolute atomic E-state index is 5.57. The molecule has 0 saturated carbocycles. The van der Waals surface area contributed by atoms with Gasteiger partial charge in [-0.3, -0.25) is 14.5 Å². The highest BCUT2D eigenvalue weighted by atomic mass is 16.5. The molecule has 2 aliphatic heterocycles. The Kier molecular flexibility index (Phi) is 8.19. The molecule has 0 amide bonds. The van der Waals surface area contributed by atoms with Crippen LogP contribution >= 0.6 is 0 Å². The lowest BCUT2D eigenvalue weighted by molar-refractivity contribution is 0.122. The Morgan fingerprint density at radius 3 is 2.34 bits per heavy atom. The van der Waals surface area contributed by atoms with Gasteiger partial charge in [0, 0.05) is 78.1 Å². The molecule has 0 bridgehead atoms. The highest BCUT2D eigenvalue weighted by molar-refractivity contribution is 5.51. The summed E-state index contributed by atoms with van der Waals surface area (Å²) in [5.74, 6) is 1.68. The Morgan fingerprint density at radius 2 is 1.66 bits per heavy atom. The molecule has 1 aromatic carbocycles. The largest absolute Gasteiger partial charge is 0.378 e. The average Bonchev–Trinajstić information content (AvgIpc) is 3.15. The second kappa shape index (κ2) is 11.3. The number of nitrogens with zero attached hydrogens (tertiary/aromatic N) is 5. The lowest BCUT2D eigenvalue weighted by atomic mass is 10.0. The summed E-state index contributed by atoms with van der Waals surface area (Å²) in [6.45, 7) is 16.6. The third-order valence-corrected chi connectivity index (χ3v) is 6.62. The molecular weight excluding hydrogens is 400 g/mol. The van der Waals surface area contributed by atoms with Gasteiger partial charge >= 0.3 is 0 Å². The molecule has 2 saturated heterocycles. The number of nitrogens with one attached hydrogen (secondary N) is 1. The van der Waals surface area contributed by atoms with Gasteiger partial charge in [0.2, 0.25) is 0 Å². The quantitative estimate of drug-likeness (QED) is 0.604. The Hall–Kier alpha value is -1.93. The molecular formula is C25H40N6O. The highest BCUT2D eigenvalue weighted by Gasteiger charge is 2.24. The number of ether oxygens (including phenoxy) is 1. The molecule has 0 radical (unpaired) electrons. The van der Waals surface area contributed by atoms with Gasteiger partial charge in [-0.2, -0.15) is 5.10 Å².